The summed E-state index contributed by atoms with van der Waals surface area (Å²) in [6.45, 7) is 3.28. The van der Waals surface area contributed by atoms with Gasteiger partial charge < -0.3 is 9.84 Å². The van der Waals surface area contributed by atoms with Crippen LogP contribution in [-0.2, 0) is 12.8 Å². The van der Waals surface area contributed by atoms with Gasteiger partial charge in [0.25, 0.3) is 0 Å². The summed E-state index contributed by atoms with van der Waals surface area (Å²) in [5.41, 5.74) is 5.23. The Morgan fingerprint density at radius 3 is 2.95 bits per heavy atom. The van der Waals surface area contributed by atoms with E-state index in [1.807, 2.05) is 24.5 Å². The van der Waals surface area contributed by atoms with Gasteiger partial charge in [-0.25, -0.2) is 0 Å². The van der Waals surface area contributed by atoms with Crippen molar-refractivity contribution in [3.8, 4) is 11.5 Å². The van der Waals surface area contributed by atoms with E-state index in [2.05, 4.69) is 22.9 Å². The van der Waals surface area contributed by atoms with E-state index < -0.39 is 0 Å². The lowest BCUT2D eigenvalue weighted by Crippen LogP contribution is -2.41. The highest BCUT2D eigenvalue weighted by molar-refractivity contribution is 5.50. The second-order valence-corrected chi connectivity index (χ2v) is 6.18. The number of phenols is 1. The Labute approximate surface area is 130 Å². The Morgan fingerprint density at radius 2 is 2.14 bits per heavy atom. The van der Waals surface area contributed by atoms with E-state index in [0.29, 0.717) is 17.8 Å². The first kappa shape index (κ1) is 13.6. The monoisotopic (exact) mass is 296 g/mol. The van der Waals surface area contributed by atoms with Crippen molar-refractivity contribution in [1.29, 1.82) is 0 Å². The van der Waals surface area contributed by atoms with Gasteiger partial charge in [0.15, 0.2) is 11.5 Å². The van der Waals surface area contributed by atoms with Gasteiger partial charge >= 0.3 is 0 Å². The molecule has 2 aromatic rings. The highest BCUT2D eigenvalue weighted by Gasteiger charge is 2.36. The number of rotatable bonds is 1. The zero-order chi connectivity index (χ0) is 15.3. The minimum absolute atomic E-state index is 0.233. The molecule has 0 saturated carbocycles. The summed E-state index contributed by atoms with van der Waals surface area (Å²) in [5, 5.41) is 10.2. The van der Waals surface area contributed by atoms with Gasteiger partial charge in [-0.15, -0.1) is 0 Å². The van der Waals surface area contributed by atoms with Gasteiger partial charge in [-0.1, -0.05) is 0 Å². The number of benzene rings is 1. The van der Waals surface area contributed by atoms with E-state index in [9.17, 15) is 5.11 Å². The van der Waals surface area contributed by atoms with Crippen molar-refractivity contribution in [2.45, 2.75) is 31.8 Å². The Bertz CT molecular complexity index is 729. The Balaban J connectivity index is 1.81. The number of fused-ring (bicyclic) bond motifs is 4. The molecule has 2 unspecified atom stereocenters. The van der Waals surface area contributed by atoms with Crippen LogP contribution in [0.15, 0.2) is 30.6 Å². The van der Waals surface area contributed by atoms with Gasteiger partial charge in [0.1, 0.15) is 0 Å². The second kappa shape index (κ2) is 4.99. The highest BCUT2D eigenvalue weighted by Crippen LogP contribution is 2.45. The lowest BCUT2D eigenvalue weighted by molar-refractivity contribution is 0.117. The van der Waals surface area contributed by atoms with Crippen molar-refractivity contribution in [3.63, 3.8) is 0 Å². The fraction of sp³-hybridized carbons (Fsp3) is 0.389. The molecular weight excluding hydrogens is 276 g/mol. The number of aromatic nitrogens is 1. The molecule has 4 rings (SSSR count). The third kappa shape index (κ3) is 1.91. The zero-order valence-corrected chi connectivity index (χ0v) is 12.9. The number of nitrogens with zero attached hydrogens (tertiary/aromatic N) is 2. The first-order chi connectivity index (χ1) is 10.7. The molecule has 0 radical (unpaired) electrons. The van der Waals surface area contributed by atoms with Crippen LogP contribution in [0.2, 0.25) is 0 Å². The topological polar surface area (TPSA) is 45.6 Å². The molecule has 114 valence electrons. The molecule has 2 aliphatic heterocycles. The third-order valence-electron chi connectivity index (χ3n) is 5.15. The van der Waals surface area contributed by atoms with Gasteiger partial charge in [-0.3, -0.25) is 9.88 Å². The number of pyridine rings is 1. The summed E-state index contributed by atoms with van der Waals surface area (Å²) in [6.07, 6.45) is 5.83. The van der Waals surface area contributed by atoms with E-state index >= 15 is 0 Å². The smallest absolute Gasteiger partial charge is 0.160 e. The molecule has 0 spiro atoms. The molecule has 2 atom stereocenters. The molecule has 22 heavy (non-hydrogen) atoms. The van der Waals surface area contributed by atoms with Gasteiger partial charge in [-0.05, 0) is 60.2 Å². The maximum Gasteiger partial charge on any atom is 0.160 e. The van der Waals surface area contributed by atoms with Crippen LogP contribution in [0, 0.1) is 0 Å². The van der Waals surface area contributed by atoms with Crippen LogP contribution in [0.1, 0.15) is 41.3 Å². The zero-order valence-electron chi connectivity index (χ0n) is 12.9. The van der Waals surface area contributed by atoms with E-state index in [1.54, 1.807) is 7.11 Å². The molecule has 1 N–H and O–H groups in total. The van der Waals surface area contributed by atoms with Gasteiger partial charge in [0.05, 0.1) is 7.11 Å². The summed E-state index contributed by atoms with van der Waals surface area (Å²) < 4.78 is 5.25. The molecule has 0 aliphatic carbocycles. The summed E-state index contributed by atoms with van der Waals surface area (Å²) in [4.78, 5) is 6.81. The average molecular weight is 296 g/mol. The lowest BCUT2D eigenvalue weighted by Gasteiger charge is -2.45. The van der Waals surface area contributed by atoms with Crippen molar-refractivity contribution in [3.05, 3.63) is 52.8 Å². The minimum atomic E-state index is 0.233. The summed E-state index contributed by atoms with van der Waals surface area (Å²) >= 11 is 0. The fourth-order valence-electron chi connectivity index (χ4n) is 3.98. The highest BCUT2D eigenvalue weighted by atomic mass is 16.5. The van der Waals surface area contributed by atoms with Crippen molar-refractivity contribution >= 4 is 0 Å². The Hall–Kier alpha value is -2.07. The van der Waals surface area contributed by atoms with Gasteiger partial charge in [0, 0.05) is 31.0 Å². The number of hydrogen-bond donors (Lipinski definition) is 1. The van der Waals surface area contributed by atoms with E-state index in [0.717, 1.165) is 19.4 Å². The quantitative estimate of drug-likeness (QED) is 0.878. The SMILES string of the molecule is COc1cc2c(cc1O)C1Cc3ccncc3C(C)N1CC2. The molecule has 0 fully saturated rings. The van der Waals surface area contributed by atoms with Crippen molar-refractivity contribution in [2.24, 2.45) is 0 Å². The van der Waals surface area contributed by atoms with Crippen LogP contribution in [-0.4, -0.2) is 28.6 Å². The number of methoxy groups -OCH3 is 1. The number of aromatic hydroxyl groups is 1. The largest absolute Gasteiger partial charge is 0.504 e. The Kier molecular flexibility index (Phi) is 3.08. The maximum absolute atomic E-state index is 10.2. The average Bonchev–Trinajstić information content (AvgIpc) is 2.54. The minimum Gasteiger partial charge on any atom is -0.504 e. The number of hydrogen-bond acceptors (Lipinski definition) is 4. The first-order valence-corrected chi connectivity index (χ1v) is 7.77. The number of phenolic OH excluding ortho intramolecular Hbond substituents is 1. The molecular formula is C18H20N2O2. The van der Waals surface area contributed by atoms with Crippen LogP contribution < -0.4 is 4.74 Å². The molecule has 4 heteroatoms. The predicted octanol–water partition coefficient (Wildman–Crippen LogP) is 3.01. The predicted molar refractivity (Wildman–Crippen MR) is 84.2 cm³/mol. The van der Waals surface area contributed by atoms with Crippen LogP contribution in [0.5, 0.6) is 11.5 Å². The molecule has 1 aromatic heterocycles. The van der Waals surface area contributed by atoms with Crippen LogP contribution >= 0.6 is 0 Å². The summed E-state index contributed by atoms with van der Waals surface area (Å²) in [7, 11) is 1.60. The summed E-state index contributed by atoms with van der Waals surface area (Å²) in [5.74, 6) is 0.803. The lowest BCUT2D eigenvalue weighted by atomic mass is 9.82. The van der Waals surface area contributed by atoms with E-state index in [1.165, 1.54) is 22.3 Å². The molecule has 0 bridgehead atoms. The first-order valence-electron chi connectivity index (χ1n) is 7.77. The van der Waals surface area contributed by atoms with E-state index in [4.69, 9.17) is 4.74 Å². The van der Waals surface area contributed by atoms with Gasteiger partial charge in [-0.2, -0.15) is 0 Å². The molecule has 3 heterocycles. The third-order valence-corrected chi connectivity index (χ3v) is 5.15. The normalized spacial score (nSPS) is 23.4. The van der Waals surface area contributed by atoms with Gasteiger partial charge in [0.2, 0.25) is 0 Å². The number of ether oxygens (including phenoxy) is 1. The van der Waals surface area contributed by atoms with Crippen LogP contribution in [0.4, 0.5) is 0 Å². The Morgan fingerprint density at radius 1 is 1.27 bits per heavy atom. The van der Waals surface area contributed by atoms with Crippen LogP contribution in [0.3, 0.4) is 0 Å². The van der Waals surface area contributed by atoms with Crippen molar-refractivity contribution in [1.82, 2.24) is 9.88 Å². The molecule has 2 aliphatic rings. The molecule has 1 aromatic carbocycles. The maximum atomic E-state index is 10.2. The van der Waals surface area contributed by atoms with Crippen molar-refractivity contribution < 1.29 is 9.84 Å². The molecule has 4 nitrogen and oxygen atoms in total. The molecule has 0 amide bonds. The fourth-order valence-corrected chi connectivity index (χ4v) is 3.98. The van der Waals surface area contributed by atoms with Crippen LogP contribution in [0.25, 0.3) is 0 Å². The van der Waals surface area contributed by atoms with Crippen molar-refractivity contribution in [2.75, 3.05) is 13.7 Å². The second-order valence-electron chi connectivity index (χ2n) is 6.18. The molecule has 0 saturated heterocycles. The summed E-state index contributed by atoms with van der Waals surface area (Å²) in [6, 6.07) is 6.70. The van der Waals surface area contributed by atoms with E-state index in [-0.39, 0.29) is 5.75 Å². The standard InChI is InChI=1S/C18H20N2O2/c1-11-15-10-19-5-3-12(15)7-16-14-9-17(21)18(22-2)8-13(14)4-6-20(11)16/h3,5,8-11,16,21H,4,6-7H2,1-2H3.